The summed E-state index contributed by atoms with van der Waals surface area (Å²) in [4.78, 5) is 22.6. The van der Waals surface area contributed by atoms with E-state index in [9.17, 15) is 9.59 Å². The van der Waals surface area contributed by atoms with Crippen LogP contribution in [0.25, 0.3) is 0 Å². The number of benzene rings is 1. The van der Waals surface area contributed by atoms with E-state index >= 15 is 0 Å². The van der Waals surface area contributed by atoms with Crippen molar-refractivity contribution in [2.75, 3.05) is 11.9 Å². The Balaban J connectivity index is 2.82. The summed E-state index contributed by atoms with van der Waals surface area (Å²) in [7, 11) is 0. The van der Waals surface area contributed by atoms with Crippen LogP contribution in [0.4, 0.5) is 5.69 Å². The van der Waals surface area contributed by atoms with Crippen molar-refractivity contribution >= 4 is 33.5 Å². The highest BCUT2D eigenvalue weighted by atomic mass is 79.9. The molecule has 1 rings (SSSR count). The van der Waals surface area contributed by atoms with E-state index in [1.807, 2.05) is 13.8 Å². The van der Waals surface area contributed by atoms with Crippen LogP contribution in [-0.2, 0) is 14.3 Å². The Bertz CT molecular complexity index is 434. The molecule has 0 aliphatic heterocycles. The monoisotopic (exact) mass is 299 g/mol. The maximum absolute atomic E-state index is 11.4. The molecule has 5 heteroatoms. The number of carbonyl (C=O) groups excluding carboxylic acids is 2. The molecule has 0 unspecified atom stereocenters. The van der Waals surface area contributed by atoms with Crippen LogP contribution >= 0.6 is 15.9 Å². The van der Waals surface area contributed by atoms with E-state index in [0.29, 0.717) is 5.69 Å². The quantitative estimate of drug-likeness (QED) is 0.674. The number of hydrogen-bond donors (Lipinski definition) is 1. The fraction of sp³-hybridized carbons (Fsp3) is 0.333. The van der Waals surface area contributed by atoms with Gasteiger partial charge in [-0.1, -0.05) is 15.9 Å². The van der Waals surface area contributed by atoms with Gasteiger partial charge in [-0.2, -0.15) is 0 Å². The lowest BCUT2D eigenvalue weighted by atomic mass is 10.1. The fourth-order valence-electron chi connectivity index (χ4n) is 1.40. The molecule has 0 aromatic heterocycles. The summed E-state index contributed by atoms with van der Waals surface area (Å²) in [6.07, 6.45) is 0. The van der Waals surface area contributed by atoms with E-state index in [2.05, 4.69) is 26.0 Å². The Morgan fingerprint density at radius 1 is 1.29 bits per heavy atom. The second kappa shape index (κ2) is 5.82. The maximum atomic E-state index is 11.4. The van der Waals surface area contributed by atoms with E-state index in [-0.39, 0.29) is 6.61 Å². The average molecular weight is 300 g/mol. The Labute approximate surface area is 108 Å². The first-order chi connectivity index (χ1) is 7.95. The van der Waals surface area contributed by atoms with Gasteiger partial charge in [-0.3, -0.25) is 4.79 Å². The van der Waals surface area contributed by atoms with Crippen molar-refractivity contribution in [3.63, 3.8) is 0 Å². The minimum Gasteiger partial charge on any atom is -0.459 e. The standard InChI is InChI=1S/C12H14BrNO3/c1-4-17-12(16)11(15)14-9-5-7(2)10(13)8(3)6-9/h5-6H,4H2,1-3H3,(H,14,15). The predicted molar refractivity (Wildman–Crippen MR) is 68.9 cm³/mol. The lowest BCUT2D eigenvalue weighted by Gasteiger charge is -2.09. The first-order valence-electron chi connectivity index (χ1n) is 5.20. The molecule has 92 valence electrons. The SMILES string of the molecule is CCOC(=O)C(=O)Nc1cc(C)c(Br)c(C)c1. The number of aryl methyl sites for hydroxylation is 2. The molecule has 17 heavy (non-hydrogen) atoms. The maximum Gasteiger partial charge on any atom is 0.397 e. The highest BCUT2D eigenvalue weighted by Gasteiger charge is 2.15. The highest BCUT2D eigenvalue weighted by molar-refractivity contribution is 9.10. The zero-order valence-electron chi connectivity index (χ0n) is 9.96. The molecule has 0 heterocycles. The Kier molecular flexibility index (Phi) is 4.69. The first-order valence-corrected chi connectivity index (χ1v) is 5.99. The molecule has 1 aromatic carbocycles. The molecule has 0 atom stereocenters. The molecule has 1 N–H and O–H groups in total. The number of carbonyl (C=O) groups is 2. The minimum absolute atomic E-state index is 0.185. The number of nitrogens with one attached hydrogen (secondary N) is 1. The first kappa shape index (κ1) is 13.7. The molecule has 4 nitrogen and oxygen atoms in total. The van der Waals surface area contributed by atoms with Gasteiger partial charge in [-0.05, 0) is 44.0 Å². The summed E-state index contributed by atoms with van der Waals surface area (Å²) >= 11 is 3.43. The van der Waals surface area contributed by atoms with Crippen molar-refractivity contribution in [1.29, 1.82) is 0 Å². The number of rotatable bonds is 2. The van der Waals surface area contributed by atoms with Gasteiger partial charge < -0.3 is 10.1 Å². The summed E-state index contributed by atoms with van der Waals surface area (Å²) in [5.74, 6) is -1.63. The Morgan fingerprint density at radius 2 is 1.82 bits per heavy atom. The lowest BCUT2D eigenvalue weighted by Crippen LogP contribution is -2.25. The van der Waals surface area contributed by atoms with E-state index in [1.54, 1.807) is 19.1 Å². The molecule has 0 saturated heterocycles. The average Bonchev–Trinajstić information content (AvgIpc) is 2.26. The zero-order valence-corrected chi connectivity index (χ0v) is 11.6. The van der Waals surface area contributed by atoms with Crippen molar-refractivity contribution in [3.05, 3.63) is 27.7 Å². The van der Waals surface area contributed by atoms with Gasteiger partial charge in [0.05, 0.1) is 6.61 Å². The van der Waals surface area contributed by atoms with E-state index in [1.165, 1.54) is 0 Å². The van der Waals surface area contributed by atoms with Gasteiger partial charge in [-0.15, -0.1) is 0 Å². The molecule has 0 bridgehead atoms. The summed E-state index contributed by atoms with van der Waals surface area (Å²) in [5.41, 5.74) is 2.56. The second-order valence-electron chi connectivity index (χ2n) is 3.60. The molecule has 0 aliphatic rings. The van der Waals surface area contributed by atoms with Crippen molar-refractivity contribution < 1.29 is 14.3 Å². The molecule has 0 radical (unpaired) electrons. The van der Waals surface area contributed by atoms with Crippen molar-refractivity contribution in [3.8, 4) is 0 Å². The third-order valence-corrected chi connectivity index (χ3v) is 3.41. The zero-order chi connectivity index (χ0) is 13.0. The van der Waals surface area contributed by atoms with E-state index < -0.39 is 11.9 Å². The van der Waals surface area contributed by atoms with Gasteiger partial charge in [-0.25, -0.2) is 4.79 Å². The van der Waals surface area contributed by atoms with Gasteiger partial charge in [0.15, 0.2) is 0 Å². The van der Waals surface area contributed by atoms with Crippen LogP contribution in [0.15, 0.2) is 16.6 Å². The molecule has 0 fully saturated rings. The van der Waals surface area contributed by atoms with Crippen LogP contribution in [0.5, 0.6) is 0 Å². The number of ether oxygens (including phenoxy) is 1. The predicted octanol–water partition coefficient (Wildman–Crippen LogP) is 2.57. The third-order valence-electron chi connectivity index (χ3n) is 2.16. The topological polar surface area (TPSA) is 55.4 Å². The Morgan fingerprint density at radius 3 is 2.29 bits per heavy atom. The van der Waals surface area contributed by atoms with Gasteiger partial charge in [0, 0.05) is 10.2 Å². The number of esters is 1. The number of halogens is 1. The number of anilines is 1. The molecule has 0 saturated carbocycles. The molecule has 0 aliphatic carbocycles. The van der Waals surface area contributed by atoms with Crippen LogP contribution in [0.3, 0.4) is 0 Å². The normalized spacial score (nSPS) is 9.88. The van der Waals surface area contributed by atoms with Crippen LogP contribution < -0.4 is 5.32 Å². The largest absolute Gasteiger partial charge is 0.459 e. The van der Waals surface area contributed by atoms with Gasteiger partial charge in [0.2, 0.25) is 0 Å². The summed E-state index contributed by atoms with van der Waals surface area (Å²) < 4.78 is 5.59. The minimum atomic E-state index is -0.870. The van der Waals surface area contributed by atoms with Gasteiger partial charge >= 0.3 is 11.9 Å². The molecular formula is C12H14BrNO3. The van der Waals surface area contributed by atoms with Crippen LogP contribution in [0.2, 0.25) is 0 Å². The highest BCUT2D eigenvalue weighted by Crippen LogP contribution is 2.24. The number of hydrogen-bond acceptors (Lipinski definition) is 3. The van der Waals surface area contributed by atoms with Crippen molar-refractivity contribution in [1.82, 2.24) is 0 Å². The fourth-order valence-corrected chi connectivity index (χ4v) is 1.63. The third kappa shape index (κ3) is 3.56. The van der Waals surface area contributed by atoms with Gasteiger partial charge in [0.25, 0.3) is 0 Å². The van der Waals surface area contributed by atoms with Crippen LogP contribution in [-0.4, -0.2) is 18.5 Å². The van der Waals surface area contributed by atoms with E-state index in [4.69, 9.17) is 0 Å². The summed E-state index contributed by atoms with van der Waals surface area (Å²) in [6.45, 7) is 5.66. The Hall–Kier alpha value is -1.36. The van der Waals surface area contributed by atoms with Crippen molar-refractivity contribution in [2.45, 2.75) is 20.8 Å². The summed E-state index contributed by atoms with van der Waals surface area (Å²) in [6, 6.07) is 3.57. The molecule has 1 aromatic rings. The molecule has 1 amide bonds. The van der Waals surface area contributed by atoms with Gasteiger partial charge in [0.1, 0.15) is 0 Å². The smallest absolute Gasteiger partial charge is 0.397 e. The molecular weight excluding hydrogens is 286 g/mol. The molecule has 0 spiro atoms. The van der Waals surface area contributed by atoms with Crippen LogP contribution in [0.1, 0.15) is 18.1 Å². The summed E-state index contributed by atoms with van der Waals surface area (Å²) in [5, 5.41) is 2.50. The second-order valence-corrected chi connectivity index (χ2v) is 4.39. The number of amides is 1. The van der Waals surface area contributed by atoms with E-state index in [0.717, 1.165) is 15.6 Å². The van der Waals surface area contributed by atoms with Crippen molar-refractivity contribution in [2.24, 2.45) is 0 Å². The lowest BCUT2D eigenvalue weighted by molar-refractivity contribution is -0.152. The van der Waals surface area contributed by atoms with Crippen LogP contribution in [0, 0.1) is 13.8 Å².